The number of carbonyl (C=O) groups is 1. The van der Waals surface area contributed by atoms with E-state index < -0.39 is 0 Å². The number of carbonyl (C=O) groups excluding carboxylic acids is 1. The third-order valence-corrected chi connectivity index (χ3v) is 9.78. The molecule has 0 bridgehead atoms. The van der Waals surface area contributed by atoms with Crippen LogP contribution in [0.15, 0.2) is 30.3 Å². The molecule has 0 saturated carbocycles. The molecule has 4 saturated heterocycles. The number of ketones is 1. The van der Waals surface area contributed by atoms with E-state index in [4.69, 9.17) is 5.32 Å². The molecule has 0 aliphatic carbocycles. The van der Waals surface area contributed by atoms with Crippen LogP contribution in [0.1, 0.15) is 51.5 Å². The first-order valence-electron chi connectivity index (χ1n) is 14.6. The second-order valence-corrected chi connectivity index (χ2v) is 12.1. The van der Waals surface area contributed by atoms with Crippen molar-refractivity contribution in [1.29, 1.82) is 0 Å². The normalized spacial score (nSPS) is 33.1. The van der Waals surface area contributed by atoms with Gasteiger partial charge in [0.1, 0.15) is 5.78 Å². The molecule has 4 aliphatic rings. The molecule has 6 heteroatoms. The van der Waals surface area contributed by atoms with Gasteiger partial charge in [-0.3, -0.25) is 19.5 Å². The standard InChI is InChI=1S/C30H48N5O/c1-24-9-14-31-30(29(24)33-21-19-32(3)20-22-33,35-17-12-28(13-18-35)25(2)36)34-15-10-27(11-16-34)23-26-7-5-4-6-8-26/h4-8,24,27-29H,9-23H2,1-3H3. The number of hydrogen-bond donors (Lipinski definition) is 0. The van der Waals surface area contributed by atoms with Crippen molar-refractivity contribution in [2.24, 2.45) is 17.8 Å². The number of rotatable bonds is 6. The predicted octanol–water partition coefficient (Wildman–Crippen LogP) is 3.16. The van der Waals surface area contributed by atoms with Gasteiger partial charge in [0.05, 0.1) is 6.04 Å². The molecule has 4 fully saturated rings. The maximum Gasteiger partial charge on any atom is 0.160 e. The number of nitrogens with zero attached hydrogens (tertiary/aromatic N) is 5. The summed E-state index contributed by atoms with van der Waals surface area (Å²) in [6.45, 7) is 14.0. The SMILES string of the molecule is CC(=O)C1CCN(C2(N3CCC(Cc4ccccc4)CC3)[N]CCC(C)C2N2CCN(C)CC2)CC1. The molecule has 6 nitrogen and oxygen atoms in total. The Balaban J connectivity index is 1.38. The van der Waals surface area contributed by atoms with Crippen molar-refractivity contribution >= 4 is 5.78 Å². The first-order valence-corrected chi connectivity index (χ1v) is 14.6. The summed E-state index contributed by atoms with van der Waals surface area (Å²) in [5.41, 5.74) is 1.48. The van der Waals surface area contributed by atoms with Crippen LogP contribution >= 0.6 is 0 Å². The summed E-state index contributed by atoms with van der Waals surface area (Å²) in [5.74, 6) is 1.74. The summed E-state index contributed by atoms with van der Waals surface area (Å²) in [6.07, 6.45) is 6.86. The van der Waals surface area contributed by atoms with Gasteiger partial charge in [-0.25, -0.2) is 5.32 Å². The van der Waals surface area contributed by atoms with Crippen LogP contribution in [-0.4, -0.2) is 103 Å². The van der Waals surface area contributed by atoms with Gasteiger partial charge in [0, 0.05) is 64.8 Å². The van der Waals surface area contributed by atoms with Crippen LogP contribution in [0, 0.1) is 17.8 Å². The van der Waals surface area contributed by atoms with E-state index in [0.29, 0.717) is 17.7 Å². The minimum Gasteiger partial charge on any atom is -0.304 e. The van der Waals surface area contributed by atoms with Crippen LogP contribution in [0.25, 0.3) is 0 Å². The van der Waals surface area contributed by atoms with E-state index in [-0.39, 0.29) is 11.7 Å². The van der Waals surface area contributed by atoms with Crippen molar-refractivity contribution in [3.8, 4) is 0 Å². The number of hydrogen-bond acceptors (Lipinski definition) is 5. The van der Waals surface area contributed by atoms with E-state index in [9.17, 15) is 4.79 Å². The highest BCUT2D eigenvalue weighted by Gasteiger charge is 2.56. The van der Waals surface area contributed by atoms with E-state index in [1.54, 1.807) is 6.92 Å². The molecule has 4 heterocycles. The van der Waals surface area contributed by atoms with Gasteiger partial charge in [0.25, 0.3) is 0 Å². The lowest BCUT2D eigenvalue weighted by Crippen LogP contribution is -2.80. The molecule has 199 valence electrons. The zero-order chi connectivity index (χ0) is 25.1. The molecule has 0 amide bonds. The highest BCUT2D eigenvalue weighted by atomic mass is 16.1. The van der Waals surface area contributed by atoms with Crippen molar-refractivity contribution in [2.75, 3.05) is 66.0 Å². The Morgan fingerprint density at radius 3 is 2.11 bits per heavy atom. The Morgan fingerprint density at radius 2 is 1.50 bits per heavy atom. The number of piperidine rings is 3. The number of likely N-dealkylation sites (tertiary alicyclic amines) is 2. The summed E-state index contributed by atoms with van der Waals surface area (Å²) in [5, 5.41) is 5.62. The van der Waals surface area contributed by atoms with Crippen molar-refractivity contribution in [3.63, 3.8) is 0 Å². The van der Waals surface area contributed by atoms with Gasteiger partial charge in [0.15, 0.2) is 5.79 Å². The number of piperazine rings is 1. The smallest absolute Gasteiger partial charge is 0.160 e. The maximum absolute atomic E-state index is 12.2. The first kappa shape index (κ1) is 26.3. The van der Waals surface area contributed by atoms with E-state index in [1.165, 1.54) is 31.2 Å². The van der Waals surface area contributed by atoms with Gasteiger partial charge in [-0.2, -0.15) is 0 Å². The van der Waals surface area contributed by atoms with Crippen LogP contribution < -0.4 is 5.32 Å². The largest absolute Gasteiger partial charge is 0.304 e. The Bertz CT molecular complexity index is 840. The highest BCUT2D eigenvalue weighted by Crippen LogP contribution is 2.41. The zero-order valence-electron chi connectivity index (χ0n) is 22.9. The molecule has 1 aromatic carbocycles. The van der Waals surface area contributed by atoms with Crippen LogP contribution in [0.2, 0.25) is 0 Å². The van der Waals surface area contributed by atoms with E-state index in [0.717, 1.165) is 77.7 Å². The Kier molecular flexibility index (Phi) is 8.48. The molecule has 3 atom stereocenters. The third-order valence-electron chi connectivity index (χ3n) is 9.78. The lowest BCUT2D eigenvalue weighted by Gasteiger charge is -2.62. The fraction of sp³-hybridized carbons (Fsp3) is 0.767. The number of benzene rings is 1. The van der Waals surface area contributed by atoms with Gasteiger partial charge in [-0.1, -0.05) is 37.3 Å². The summed E-state index contributed by atoms with van der Waals surface area (Å²) >= 11 is 0. The average Bonchev–Trinajstić information content (AvgIpc) is 2.90. The molecule has 0 N–H and O–H groups in total. The van der Waals surface area contributed by atoms with E-state index >= 15 is 0 Å². The number of Topliss-reactive ketones (excluding diaryl/α,β-unsaturated/α-hetero) is 1. The fourth-order valence-corrected chi connectivity index (χ4v) is 7.57. The van der Waals surface area contributed by atoms with Gasteiger partial charge >= 0.3 is 0 Å². The van der Waals surface area contributed by atoms with Crippen LogP contribution in [-0.2, 0) is 11.2 Å². The van der Waals surface area contributed by atoms with Gasteiger partial charge in [-0.15, -0.1) is 0 Å². The quantitative estimate of drug-likeness (QED) is 0.608. The van der Waals surface area contributed by atoms with E-state index in [1.807, 2.05) is 0 Å². The van der Waals surface area contributed by atoms with Gasteiger partial charge in [-0.05, 0) is 69.9 Å². The molecule has 0 aromatic heterocycles. The molecular weight excluding hydrogens is 446 g/mol. The molecule has 1 aromatic rings. The molecular formula is C30H48N5O. The van der Waals surface area contributed by atoms with Gasteiger partial charge < -0.3 is 4.90 Å². The lowest BCUT2D eigenvalue weighted by atomic mass is 9.81. The fourth-order valence-electron chi connectivity index (χ4n) is 7.57. The summed E-state index contributed by atoms with van der Waals surface area (Å²) in [4.78, 5) is 23.0. The van der Waals surface area contributed by atoms with Crippen molar-refractivity contribution in [1.82, 2.24) is 24.9 Å². The molecule has 36 heavy (non-hydrogen) atoms. The predicted molar refractivity (Wildman–Crippen MR) is 146 cm³/mol. The van der Waals surface area contributed by atoms with Crippen LogP contribution in [0.5, 0.6) is 0 Å². The highest BCUT2D eigenvalue weighted by molar-refractivity contribution is 5.78. The Labute approximate surface area is 219 Å². The van der Waals surface area contributed by atoms with Crippen molar-refractivity contribution in [2.45, 2.75) is 64.2 Å². The average molecular weight is 495 g/mol. The third kappa shape index (κ3) is 5.44. The second kappa shape index (κ2) is 11.6. The summed E-state index contributed by atoms with van der Waals surface area (Å²) in [7, 11) is 2.25. The van der Waals surface area contributed by atoms with Crippen LogP contribution in [0.3, 0.4) is 0 Å². The zero-order valence-corrected chi connectivity index (χ0v) is 22.9. The van der Waals surface area contributed by atoms with Crippen molar-refractivity contribution < 1.29 is 4.79 Å². The van der Waals surface area contributed by atoms with Gasteiger partial charge in [0.2, 0.25) is 0 Å². The Morgan fingerprint density at radius 1 is 0.889 bits per heavy atom. The van der Waals surface area contributed by atoms with Crippen LogP contribution in [0.4, 0.5) is 0 Å². The summed E-state index contributed by atoms with van der Waals surface area (Å²) < 4.78 is 0. The molecule has 5 rings (SSSR count). The molecule has 1 radical (unpaired) electrons. The molecule has 0 spiro atoms. The maximum atomic E-state index is 12.2. The summed E-state index contributed by atoms with van der Waals surface area (Å²) in [6, 6.07) is 11.5. The van der Waals surface area contributed by atoms with Crippen molar-refractivity contribution in [3.05, 3.63) is 35.9 Å². The Hall–Kier alpha value is -1.31. The molecule has 4 aliphatic heterocycles. The first-order chi connectivity index (χ1) is 17.5. The monoisotopic (exact) mass is 494 g/mol. The van der Waals surface area contributed by atoms with E-state index in [2.05, 4.69) is 63.9 Å². The minimum atomic E-state index is -0.243. The minimum absolute atomic E-state index is 0.234. The lowest BCUT2D eigenvalue weighted by molar-refractivity contribution is -0.187. The topological polar surface area (TPSA) is 44.1 Å². The molecule has 3 unspecified atom stereocenters. The second-order valence-electron chi connectivity index (χ2n) is 12.1. The number of likely N-dealkylation sites (N-methyl/N-ethyl adjacent to an activating group) is 1.